The highest BCUT2D eigenvalue weighted by atomic mass is 16.5. The lowest BCUT2D eigenvalue weighted by Gasteiger charge is -2.03. The van der Waals surface area contributed by atoms with E-state index in [1.54, 1.807) is 24.3 Å². The van der Waals surface area contributed by atoms with Gasteiger partial charge in [0, 0.05) is 5.69 Å². The van der Waals surface area contributed by atoms with Crippen molar-refractivity contribution < 1.29 is 9.53 Å². The maximum absolute atomic E-state index is 11.4. The average molecular weight is 210 g/mol. The summed E-state index contributed by atoms with van der Waals surface area (Å²) < 4.78 is 5.03. The van der Waals surface area contributed by atoms with Gasteiger partial charge < -0.3 is 16.6 Å². The van der Waals surface area contributed by atoms with Gasteiger partial charge in [-0.05, 0) is 30.7 Å². The summed E-state index contributed by atoms with van der Waals surface area (Å²) in [6, 6.07) is 6.72. The molecule has 0 saturated heterocycles. The molecule has 0 amide bonds. The summed E-state index contributed by atoms with van der Waals surface area (Å²) in [6.45, 7) is 2.54. The van der Waals surface area contributed by atoms with Crippen molar-refractivity contribution in [2.45, 2.75) is 19.8 Å². The van der Waals surface area contributed by atoms with Crippen LogP contribution in [0.3, 0.4) is 0 Å². The maximum atomic E-state index is 11.4. The van der Waals surface area contributed by atoms with Crippen LogP contribution in [0.1, 0.15) is 30.1 Å². The van der Waals surface area contributed by atoms with Crippen LogP contribution in [0.25, 0.3) is 0 Å². The van der Waals surface area contributed by atoms with E-state index in [4.69, 9.17) is 10.5 Å². The summed E-state index contributed by atoms with van der Waals surface area (Å²) in [4.78, 5) is 11.4. The average Bonchev–Trinajstić information content (AvgIpc) is 2.19. The first-order chi connectivity index (χ1) is 6.74. The molecule has 0 aliphatic carbocycles. The number of anilines is 1. The largest absolute Gasteiger partial charge is 0.462 e. The zero-order valence-corrected chi connectivity index (χ0v) is 9.03. The van der Waals surface area contributed by atoms with Crippen LogP contribution >= 0.6 is 0 Å². The van der Waals surface area contributed by atoms with E-state index < -0.39 is 0 Å². The van der Waals surface area contributed by atoms with Gasteiger partial charge in [0.05, 0.1) is 12.2 Å². The monoisotopic (exact) mass is 210 g/mol. The van der Waals surface area contributed by atoms with Crippen molar-refractivity contribution in [1.29, 1.82) is 0 Å². The Balaban J connectivity index is 0.00000196. The Hall–Kier alpha value is -1.55. The Morgan fingerprint density at radius 2 is 1.93 bits per heavy atom. The Morgan fingerprint density at radius 3 is 2.47 bits per heavy atom. The molecule has 5 N–H and O–H groups in total. The lowest BCUT2D eigenvalue weighted by molar-refractivity contribution is 0.0500. The van der Waals surface area contributed by atoms with Crippen molar-refractivity contribution in [3.8, 4) is 0 Å². The molecule has 15 heavy (non-hydrogen) atoms. The van der Waals surface area contributed by atoms with Crippen LogP contribution in [0.5, 0.6) is 0 Å². The SMILES string of the molecule is CCCCOC(=O)c1ccc(N)cc1.N. The summed E-state index contributed by atoms with van der Waals surface area (Å²) in [5.41, 5.74) is 6.70. The van der Waals surface area contributed by atoms with Crippen LogP contribution in [-0.2, 0) is 4.74 Å². The van der Waals surface area contributed by atoms with Gasteiger partial charge in [0.2, 0.25) is 0 Å². The fraction of sp³-hybridized carbons (Fsp3) is 0.364. The zero-order chi connectivity index (χ0) is 10.4. The third kappa shape index (κ3) is 4.46. The first-order valence-electron chi connectivity index (χ1n) is 4.76. The number of nitrogen functional groups attached to an aromatic ring is 1. The topological polar surface area (TPSA) is 87.3 Å². The third-order valence-electron chi connectivity index (χ3n) is 1.88. The van der Waals surface area contributed by atoms with Crippen molar-refractivity contribution in [2.75, 3.05) is 12.3 Å². The fourth-order valence-electron chi connectivity index (χ4n) is 1.01. The number of ether oxygens (including phenoxy) is 1. The Kier molecular flexibility index (Phi) is 6.13. The van der Waals surface area contributed by atoms with Crippen molar-refractivity contribution in [3.05, 3.63) is 29.8 Å². The van der Waals surface area contributed by atoms with Gasteiger partial charge in [-0.25, -0.2) is 4.79 Å². The van der Waals surface area contributed by atoms with Crippen LogP contribution in [0.2, 0.25) is 0 Å². The Bertz CT molecular complexity index is 296. The van der Waals surface area contributed by atoms with E-state index in [0.29, 0.717) is 17.9 Å². The molecule has 0 heterocycles. The van der Waals surface area contributed by atoms with Crippen LogP contribution in [0.4, 0.5) is 5.69 Å². The quantitative estimate of drug-likeness (QED) is 0.453. The minimum atomic E-state index is -0.279. The van der Waals surface area contributed by atoms with Crippen LogP contribution in [0.15, 0.2) is 24.3 Å². The maximum Gasteiger partial charge on any atom is 0.338 e. The highest BCUT2D eigenvalue weighted by Crippen LogP contribution is 2.07. The molecule has 0 unspecified atom stereocenters. The molecule has 0 bridgehead atoms. The molecule has 0 saturated carbocycles. The van der Waals surface area contributed by atoms with Crippen molar-refractivity contribution in [1.82, 2.24) is 6.15 Å². The van der Waals surface area contributed by atoms with Gasteiger partial charge in [-0.3, -0.25) is 0 Å². The van der Waals surface area contributed by atoms with Gasteiger partial charge in [0.15, 0.2) is 0 Å². The van der Waals surface area contributed by atoms with E-state index >= 15 is 0 Å². The molecule has 0 radical (unpaired) electrons. The Morgan fingerprint density at radius 1 is 1.33 bits per heavy atom. The fourth-order valence-corrected chi connectivity index (χ4v) is 1.01. The van der Waals surface area contributed by atoms with Gasteiger partial charge in [-0.1, -0.05) is 13.3 Å². The van der Waals surface area contributed by atoms with Gasteiger partial charge >= 0.3 is 5.97 Å². The number of esters is 1. The number of nitrogens with two attached hydrogens (primary N) is 1. The van der Waals surface area contributed by atoms with Crippen LogP contribution < -0.4 is 11.9 Å². The molecule has 0 aromatic heterocycles. The van der Waals surface area contributed by atoms with Crippen molar-refractivity contribution >= 4 is 11.7 Å². The second kappa shape index (κ2) is 6.84. The number of carbonyl (C=O) groups excluding carboxylic acids is 1. The summed E-state index contributed by atoms with van der Waals surface area (Å²) in [5, 5.41) is 0. The number of hydrogen-bond acceptors (Lipinski definition) is 4. The van der Waals surface area contributed by atoms with E-state index in [2.05, 4.69) is 6.92 Å². The number of benzene rings is 1. The first-order valence-corrected chi connectivity index (χ1v) is 4.76. The van der Waals surface area contributed by atoms with E-state index in [0.717, 1.165) is 12.8 Å². The molecule has 0 spiro atoms. The predicted molar refractivity (Wildman–Crippen MR) is 61.1 cm³/mol. The van der Waals surface area contributed by atoms with Gasteiger partial charge in [-0.2, -0.15) is 0 Å². The van der Waals surface area contributed by atoms with Crippen molar-refractivity contribution in [3.63, 3.8) is 0 Å². The summed E-state index contributed by atoms with van der Waals surface area (Å²) in [6.07, 6.45) is 1.93. The normalized spacial score (nSPS) is 9.13. The summed E-state index contributed by atoms with van der Waals surface area (Å²) >= 11 is 0. The van der Waals surface area contributed by atoms with E-state index in [-0.39, 0.29) is 12.1 Å². The number of rotatable bonds is 4. The molecule has 0 fully saturated rings. The molecule has 4 nitrogen and oxygen atoms in total. The van der Waals surface area contributed by atoms with Gasteiger partial charge in [-0.15, -0.1) is 0 Å². The highest BCUT2D eigenvalue weighted by Gasteiger charge is 2.05. The Labute approximate surface area is 90.0 Å². The summed E-state index contributed by atoms with van der Waals surface area (Å²) in [7, 11) is 0. The molecule has 4 heteroatoms. The van der Waals surface area contributed by atoms with Crippen LogP contribution in [-0.4, -0.2) is 12.6 Å². The predicted octanol–water partition coefficient (Wildman–Crippen LogP) is 2.39. The lowest BCUT2D eigenvalue weighted by Crippen LogP contribution is -2.06. The first kappa shape index (κ1) is 13.4. The molecular formula is C11H18N2O2. The smallest absolute Gasteiger partial charge is 0.338 e. The van der Waals surface area contributed by atoms with Crippen LogP contribution in [0, 0.1) is 0 Å². The number of carbonyl (C=O) groups is 1. The second-order valence-electron chi connectivity index (χ2n) is 3.11. The van der Waals surface area contributed by atoms with Crippen molar-refractivity contribution in [2.24, 2.45) is 0 Å². The van der Waals surface area contributed by atoms with Gasteiger partial charge in [0.25, 0.3) is 0 Å². The molecule has 0 atom stereocenters. The van der Waals surface area contributed by atoms with Gasteiger partial charge in [0.1, 0.15) is 0 Å². The number of hydrogen-bond donors (Lipinski definition) is 2. The minimum Gasteiger partial charge on any atom is -0.462 e. The highest BCUT2D eigenvalue weighted by molar-refractivity contribution is 5.89. The molecule has 84 valence electrons. The van der Waals surface area contributed by atoms with E-state index in [9.17, 15) is 4.79 Å². The number of unbranched alkanes of at least 4 members (excludes halogenated alkanes) is 1. The molecule has 1 aromatic rings. The molecular weight excluding hydrogens is 192 g/mol. The standard InChI is InChI=1S/C11H15NO2.H3N/c1-2-3-8-14-11(13)9-4-6-10(12)7-5-9;/h4-7H,2-3,8,12H2,1H3;1H3. The second-order valence-corrected chi connectivity index (χ2v) is 3.11. The lowest BCUT2D eigenvalue weighted by atomic mass is 10.2. The minimum absolute atomic E-state index is 0. The molecule has 1 rings (SSSR count). The molecule has 0 aliphatic heterocycles. The summed E-state index contributed by atoms with van der Waals surface area (Å²) in [5.74, 6) is -0.279. The zero-order valence-electron chi connectivity index (χ0n) is 9.03. The molecule has 1 aromatic carbocycles. The molecule has 0 aliphatic rings. The van der Waals surface area contributed by atoms with E-state index in [1.807, 2.05) is 0 Å². The third-order valence-corrected chi connectivity index (χ3v) is 1.88. The van der Waals surface area contributed by atoms with E-state index in [1.165, 1.54) is 0 Å².